The van der Waals surface area contributed by atoms with Crippen molar-refractivity contribution in [3.63, 3.8) is 0 Å². The molecule has 5 aromatic rings. The summed E-state index contributed by atoms with van der Waals surface area (Å²) in [6.07, 6.45) is 3.60. The molecule has 1 atom stereocenters. The first kappa shape index (κ1) is 25.1. The quantitative estimate of drug-likeness (QED) is 0.211. The van der Waals surface area contributed by atoms with Crippen molar-refractivity contribution >= 4 is 40.3 Å². The number of nitrogens with zero attached hydrogens (tertiary/aromatic N) is 3. The average Bonchev–Trinajstić information content (AvgIpc) is 3.29. The van der Waals surface area contributed by atoms with Gasteiger partial charge in [0.05, 0.1) is 23.8 Å². The zero-order valence-electron chi connectivity index (χ0n) is 20.5. The van der Waals surface area contributed by atoms with Crippen LogP contribution in [0, 0.1) is 0 Å². The lowest BCUT2D eigenvalue weighted by Crippen LogP contribution is -2.27. The van der Waals surface area contributed by atoms with Crippen LogP contribution in [0.15, 0.2) is 102 Å². The number of halogens is 1. The molecule has 2 heterocycles. The molecule has 2 aromatic heterocycles. The Kier molecular flexibility index (Phi) is 7.87. The highest BCUT2D eigenvalue weighted by atomic mass is 35.5. The molecular weight excluding hydrogens is 500 g/mol. The topological polar surface area (TPSA) is 59.8 Å². The van der Waals surface area contributed by atoms with E-state index in [9.17, 15) is 4.79 Å². The predicted octanol–water partition coefficient (Wildman–Crippen LogP) is 6.96. The van der Waals surface area contributed by atoms with Crippen LogP contribution in [0.5, 0.6) is 0 Å². The van der Waals surface area contributed by atoms with Gasteiger partial charge < -0.3 is 9.88 Å². The van der Waals surface area contributed by atoms with Gasteiger partial charge in [-0.3, -0.25) is 9.78 Å². The smallest absolute Gasteiger partial charge is 0.251 e. The fraction of sp³-hybridized carbons (Fsp3) is 0.167. The van der Waals surface area contributed by atoms with Gasteiger partial charge in [0.15, 0.2) is 5.16 Å². The molecule has 0 saturated heterocycles. The van der Waals surface area contributed by atoms with Crippen LogP contribution in [0.2, 0.25) is 5.02 Å². The molecule has 1 N–H and O–H groups in total. The van der Waals surface area contributed by atoms with Gasteiger partial charge in [0.2, 0.25) is 0 Å². The molecule has 0 fully saturated rings. The van der Waals surface area contributed by atoms with E-state index < -0.39 is 0 Å². The van der Waals surface area contributed by atoms with E-state index in [4.69, 9.17) is 16.6 Å². The minimum Gasteiger partial charge on any atom is -0.351 e. The van der Waals surface area contributed by atoms with Crippen molar-refractivity contribution in [1.82, 2.24) is 19.9 Å². The Hall–Kier alpha value is -3.61. The van der Waals surface area contributed by atoms with Crippen LogP contribution in [0.4, 0.5) is 0 Å². The number of fused-ring (bicyclic) bond motifs is 1. The molecular formula is C30H27ClN4OS. The van der Waals surface area contributed by atoms with E-state index in [0.717, 1.165) is 38.1 Å². The van der Waals surface area contributed by atoms with Crippen LogP contribution >= 0.6 is 23.4 Å². The molecule has 0 aliphatic carbocycles. The molecule has 3 aromatic carbocycles. The van der Waals surface area contributed by atoms with Crippen LogP contribution in [-0.2, 0) is 12.3 Å². The first-order valence-corrected chi connectivity index (χ1v) is 13.5. The minimum absolute atomic E-state index is 0.0670. The third kappa shape index (κ3) is 6.04. The molecule has 0 radical (unpaired) electrons. The zero-order valence-corrected chi connectivity index (χ0v) is 22.0. The summed E-state index contributed by atoms with van der Waals surface area (Å²) < 4.78 is 2.17. The van der Waals surface area contributed by atoms with Gasteiger partial charge in [0.25, 0.3) is 5.91 Å². The van der Waals surface area contributed by atoms with Crippen molar-refractivity contribution in [2.24, 2.45) is 0 Å². The Morgan fingerprint density at radius 2 is 1.76 bits per heavy atom. The van der Waals surface area contributed by atoms with Crippen molar-refractivity contribution in [2.45, 2.75) is 30.3 Å². The first-order chi connectivity index (χ1) is 18.1. The number of carbonyl (C=O) groups excluding carboxylic acids is 1. The second-order valence-corrected chi connectivity index (χ2v) is 10.3. The summed E-state index contributed by atoms with van der Waals surface area (Å²) in [6, 6.07) is 27.8. The summed E-state index contributed by atoms with van der Waals surface area (Å²) in [5, 5.41) is 4.71. The number of thioether (sulfide) groups is 1. The van der Waals surface area contributed by atoms with Crippen LogP contribution in [-0.4, -0.2) is 27.0 Å². The molecule has 7 heteroatoms. The van der Waals surface area contributed by atoms with Crippen LogP contribution < -0.4 is 5.32 Å². The fourth-order valence-corrected chi connectivity index (χ4v) is 5.46. The predicted molar refractivity (Wildman–Crippen MR) is 151 cm³/mol. The summed E-state index contributed by atoms with van der Waals surface area (Å²) >= 11 is 8.02. The average molecular weight is 527 g/mol. The number of aromatic nitrogens is 3. The van der Waals surface area contributed by atoms with E-state index in [0.29, 0.717) is 18.7 Å². The van der Waals surface area contributed by atoms with Crippen LogP contribution in [0.3, 0.4) is 0 Å². The van der Waals surface area contributed by atoms with Crippen molar-refractivity contribution in [2.75, 3.05) is 6.54 Å². The molecule has 5 nitrogen and oxygen atoms in total. The lowest BCUT2D eigenvalue weighted by atomic mass is 10.0. The van der Waals surface area contributed by atoms with E-state index in [1.54, 1.807) is 18.0 Å². The maximum atomic E-state index is 12.7. The molecule has 186 valence electrons. The van der Waals surface area contributed by atoms with E-state index >= 15 is 0 Å². The van der Waals surface area contributed by atoms with E-state index in [2.05, 4.69) is 33.9 Å². The zero-order chi connectivity index (χ0) is 25.6. The Labute approximate surface area is 225 Å². The highest BCUT2D eigenvalue weighted by molar-refractivity contribution is 7.98. The molecule has 37 heavy (non-hydrogen) atoms. The molecule has 5 rings (SSSR count). The van der Waals surface area contributed by atoms with Gasteiger partial charge in [-0.25, -0.2) is 4.98 Å². The third-order valence-electron chi connectivity index (χ3n) is 6.32. The number of imidazole rings is 1. The normalized spacial score (nSPS) is 11.9. The number of carbonyl (C=O) groups is 1. The van der Waals surface area contributed by atoms with Crippen LogP contribution in [0.25, 0.3) is 11.0 Å². The number of hydrogen-bond acceptors (Lipinski definition) is 4. The van der Waals surface area contributed by atoms with Gasteiger partial charge in [-0.2, -0.15) is 0 Å². The number of pyridine rings is 1. The molecule has 1 unspecified atom stereocenters. The summed E-state index contributed by atoms with van der Waals surface area (Å²) in [5.74, 6) is 0.897. The van der Waals surface area contributed by atoms with E-state index in [1.165, 1.54) is 5.56 Å². The number of benzene rings is 3. The first-order valence-electron chi connectivity index (χ1n) is 12.2. The lowest BCUT2D eigenvalue weighted by Gasteiger charge is -2.13. The third-order valence-corrected chi connectivity index (χ3v) is 7.72. The molecule has 0 bridgehead atoms. The van der Waals surface area contributed by atoms with Gasteiger partial charge in [0.1, 0.15) is 0 Å². The van der Waals surface area contributed by atoms with Crippen molar-refractivity contribution in [3.05, 3.63) is 125 Å². The fourth-order valence-electron chi connectivity index (χ4n) is 4.16. The molecule has 1 amide bonds. The summed E-state index contributed by atoms with van der Waals surface area (Å²) in [6.45, 7) is 3.33. The van der Waals surface area contributed by atoms with Crippen molar-refractivity contribution < 1.29 is 4.79 Å². The molecule has 0 saturated carbocycles. The Morgan fingerprint density at radius 3 is 2.54 bits per heavy atom. The maximum absolute atomic E-state index is 12.7. The summed E-state index contributed by atoms with van der Waals surface area (Å²) in [4.78, 5) is 21.9. The van der Waals surface area contributed by atoms with Gasteiger partial charge in [-0.15, -0.1) is 0 Å². The van der Waals surface area contributed by atoms with Crippen molar-refractivity contribution in [1.29, 1.82) is 0 Å². The van der Waals surface area contributed by atoms with E-state index in [-0.39, 0.29) is 11.8 Å². The van der Waals surface area contributed by atoms with E-state index in [1.807, 2.05) is 79.0 Å². The lowest BCUT2D eigenvalue weighted by molar-refractivity contribution is 0.0951. The molecule has 0 spiro atoms. The summed E-state index contributed by atoms with van der Waals surface area (Å²) in [5.41, 5.74) is 5.89. The second kappa shape index (κ2) is 11.6. The Balaban J connectivity index is 1.28. The van der Waals surface area contributed by atoms with Crippen LogP contribution in [0.1, 0.15) is 39.9 Å². The maximum Gasteiger partial charge on any atom is 0.251 e. The van der Waals surface area contributed by atoms with Gasteiger partial charge >= 0.3 is 0 Å². The van der Waals surface area contributed by atoms with Gasteiger partial charge in [-0.05, 0) is 46.9 Å². The standard InChI is InChI=1S/C30H27ClN4OS/c1-21(23-7-3-2-4-8-23)17-33-29(36)24-13-11-22(12-14-24)19-35-28-18-32-16-15-27(28)34-30(35)37-20-25-9-5-6-10-26(25)31/h2-16,18,21H,17,19-20H2,1H3,(H,33,36). The Bertz CT molecular complexity index is 1500. The number of rotatable bonds is 9. The monoisotopic (exact) mass is 526 g/mol. The largest absolute Gasteiger partial charge is 0.351 e. The second-order valence-electron chi connectivity index (χ2n) is 8.94. The molecule has 0 aliphatic heterocycles. The SMILES string of the molecule is CC(CNC(=O)c1ccc(Cn2c(SCc3ccccc3Cl)nc3ccncc32)cc1)c1ccccc1. The Morgan fingerprint density at radius 1 is 1.00 bits per heavy atom. The minimum atomic E-state index is -0.0670. The van der Waals surface area contributed by atoms with Gasteiger partial charge in [0, 0.05) is 29.1 Å². The number of nitrogens with one attached hydrogen (secondary N) is 1. The van der Waals surface area contributed by atoms with Crippen molar-refractivity contribution in [3.8, 4) is 0 Å². The summed E-state index contributed by atoms with van der Waals surface area (Å²) in [7, 11) is 0. The van der Waals surface area contributed by atoms with Gasteiger partial charge in [-0.1, -0.05) is 91.0 Å². The number of hydrogen-bond donors (Lipinski definition) is 1. The highest BCUT2D eigenvalue weighted by Gasteiger charge is 2.14. The number of amides is 1. The molecule has 0 aliphatic rings. The highest BCUT2D eigenvalue weighted by Crippen LogP contribution is 2.29.